The number of nitrogens with zero attached hydrogens (tertiary/aromatic N) is 2. The zero-order valence-corrected chi connectivity index (χ0v) is 13.4. The summed E-state index contributed by atoms with van der Waals surface area (Å²) in [5, 5.41) is 1.35. The molecule has 1 aromatic carbocycles. The summed E-state index contributed by atoms with van der Waals surface area (Å²) in [6.45, 7) is 2.02. The predicted octanol–water partition coefficient (Wildman–Crippen LogP) is 4.34. The van der Waals surface area contributed by atoms with Crippen molar-refractivity contribution in [2.75, 3.05) is 14.2 Å². The lowest BCUT2D eigenvalue weighted by atomic mass is 10.2. The van der Waals surface area contributed by atoms with Gasteiger partial charge in [-0.1, -0.05) is 11.6 Å². The Hall–Kier alpha value is -1.85. The van der Waals surface area contributed by atoms with Crippen molar-refractivity contribution in [3.63, 3.8) is 0 Å². The largest absolute Gasteiger partial charge is 0.497 e. The van der Waals surface area contributed by atoms with E-state index in [-0.39, 0.29) is 0 Å². The molecule has 108 valence electrons. The molecule has 3 aromatic rings. The van der Waals surface area contributed by atoms with Crippen LogP contribution in [0.2, 0.25) is 5.15 Å². The molecular formula is C15H13ClN2O2S. The van der Waals surface area contributed by atoms with Gasteiger partial charge in [-0.25, -0.2) is 9.97 Å². The number of aromatic nitrogens is 2. The number of fused-ring (bicyclic) bond motifs is 1. The molecule has 0 amide bonds. The molecule has 6 heteroatoms. The van der Waals surface area contributed by atoms with Gasteiger partial charge in [-0.05, 0) is 25.1 Å². The second kappa shape index (κ2) is 5.50. The van der Waals surface area contributed by atoms with Gasteiger partial charge in [0.2, 0.25) is 0 Å². The minimum absolute atomic E-state index is 0.459. The maximum Gasteiger partial charge on any atom is 0.162 e. The van der Waals surface area contributed by atoms with Crippen LogP contribution in [0, 0.1) is 6.92 Å². The lowest BCUT2D eigenvalue weighted by Crippen LogP contribution is -1.93. The summed E-state index contributed by atoms with van der Waals surface area (Å²) in [7, 11) is 3.22. The number of ether oxygens (including phenoxy) is 2. The third-order valence-electron chi connectivity index (χ3n) is 3.08. The van der Waals surface area contributed by atoms with E-state index in [1.54, 1.807) is 31.6 Å². The lowest BCUT2D eigenvalue weighted by Gasteiger charge is -2.08. The molecule has 0 unspecified atom stereocenters. The van der Waals surface area contributed by atoms with Crippen molar-refractivity contribution in [1.82, 2.24) is 9.97 Å². The number of thiophene rings is 1. The summed E-state index contributed by atoms with van der Waals surface area (Å²) in [4.78, 5) is 11.0. The first-order valence-electron chi connectivity index (χ1n) is 6.28. The molecule has 0 bridgehead atoms. The SMILES string of the molecule is COc1cc(OC)cc(-c2nc(Cl)c3cc(C)sc3n2)c1. The second-order valence-electron chi connectivity index (χ2n) is 4.52. The highest BCUT2D eigenvalue weighted by molar-refractivity contribution is 7.18. The fraction of sp³-hybridized carbons (Fsp3) is 0.200. The van der Waals surface area contributed by atoms with Gasteiger partial charge in [0, 0.05) is 21.9 Å². The maximum atomic E-state index is 6.27. The smallest absolute Gasteiger partial charge is 0.162 e. The van der Waals surface area contributed by atoms with Crippen LogP contribution in [0.3, 0.4) is 0 Å². The zero-order chi connectivity index (χ0) is 15.0. The number of halogens is 1. The normalized spacial score (nSPS) is 10.9. The van der Waals surface area contributed by atoms with Crippen molar-refractivity contribution in [2.24, 2.45) is 0 Å². The van der Waals surface area contributed by atoms with E-state index in [0.29, 0.717) is 22.5 Å². The summed E-state index contributed by atoms with van der Waals surface area (Å²) in [6.07, 6.45) is 0. The maximum absolute atomic E-state index is 6.27. The molecule has 0 aliphatic carbocycles. The Kier molecular flexibility index (Phi) is 3.69. The highest BCUT2D eigenvalue weighted by Crippen LogP contribution is 2.33. The van der Waals surface area contributed by atoms with E-state index in [2.05, 4.69) is 9.97 Å². The molecule has 0 saturated carbocycles. The van der Waals surface area contributed by atoms with Crippen molar-refractivity contribution in [3.05, 3.63) is 34.3 Å². The summed E-state index contributed by atoms with van der Waals surface area (Å²) in [5.74, 6) is 1.93. The summed E-state index contributed by atoms with van der Waals surface area (Å²) in [6, 6.07) is 7.53. The number of hydrogen-bond acceptors (Lipinski definition) is 5. The van der Waals surface area contributed by atoms with Crippen LogP contribution in [-0.2, 0) is 0 Å². The average molecular weight is 321 g/mol. The Morgan fingerprint density at radius 2 is 1.67 bits per heavy atom. The molecule has 0 atom stereocenters. The van der Waals surface area contributed by atoms with E-state index in [9.17, 15) is 0 Å². The minimum atomic E-state index is 0.459. The van der Waals surface area contributed by atoms with E-state index >= 15 is 0 Å². The predicted molar refractivity (Wildman–Crippen MR) is 85.7 cm³/mol. The van der Waals surface area contributed by atoms with E-state index in [0.717, 1.165) is 20.7 Å². The highest BCUT2D eigenvalue weighted by Gasteiger charge is 2.12. The van der Waals surface area contributed by atoms with Gasteiger partial charge in [0.15, 0.2) is 5.82 Å². The molecule has 0 spiro atoms. The fourth-order valence-electron chi connectivity index (χ4n) is 2.07. The molecule has 4 nitrogen and oxygen atoms in total. The molecule has 0 N–H and O–H groups in total. The second-order valence-corrected chi connectivity index (χ2v) is 6.11. The van der Waals surface area contributed by atoms with Crippen LogP contribution in [0.25, 0.3) is 21.6 Å². The van der Waals surface area contributed by atoms with Gasteiger partial charge in [0.1, 0.15) is 21.5 Å². The summed E-state index contributed by atoms with van der Waals surface area (Å²) < 4.78 is 10.5. The Bertz CT molecular complexity index is 795. The van der Waals surface area contributed by atoms with Gasteiger partial charge in [-0.15, -0.1) is 11.3 Å². The third kappa shape index (κ3) is 2.66. The Labute approximate surface area is 131 Å². The number of aryl methyl sites for hydroxylation is 1. The van der Waals surface area contributed by atoms with Gasteiger partial charge >= 0.3 is 0 Å². The van der Waals surface area contributed by atoms with E-state index in [1.165, 1.54) is 0 Å². The van der Waals surface area contributed by atoms with Crippen molar-refractivity contribution < 1.29 is 9.47 Å². The van der Waals surface area contributed by atoms with Crippen molar-refractivity contribution in [1.29, 1.82) is 0 Å². The summed E-state index contributed by atoms with van der Waals surface area (Å²) >= 11 is 7.86. The van der Waals surface area contributed by atoms with Gasteiger partial charge in [-0.2, -0.15) is 0 Å². The average Bonchev–Trinajstić information content (AvgIpc) is 2.87. The molecule has 0 saturated heterocycles. The first-order valence-corrected chi connectivity index (χ1v) is 7.47. The molecule has 2 aromatic heterocycles. The molecule has 2 heterocycles. The quantitative estimate of drug-likeness (QED) is 0.673. The number of methoxy groups -OCH3 is 2. The van der Waals surface area contributed by atoms with Crippen LogP contribution in [0.4, 0.5) is 0 Å². The van der Waals surface area contributed by atoms with E-state index in [1.807, 2.05) is 25.1 Å². The molecule has 0 aliphatic heterocycles. The van der Waals surface area contributed by atoms with Crippen LogP contribution in [-0.4, -0.2) is 24.2 Å². The molecule has 0 aliphatic rings. The lowest BCUT2D eigenvalue weighted by molar-refractivity contribution is 0.394. The molecular weight excluding hydrogens is 308 g/mol. The Morgan fingerprint density at radius 1 is 1.00 bits per heavy atom. The zero-order valence-electron chi connectivity index (χ0n) is 11.8. The van der Waals surface area contributed by atoms with Gasteiger partial charge in [-0.3, -0.25) is 0 Å². The third-order valence-corrected chi connectivity index (χ3v) is 4.31. The fourth-order valence-corrected chi connectivity index (χ4v) is 3.23. The van der Waals surface area contributed by atoms with Crippen LogP contribution < -0.4 is 9.47 Å². The first kappa shape index (κ1) is 14.1. The highest BCUT2D eigenvalue weighted by atomic mass is 35.5. The standard InChI is InChI=1S/C15H13ClN2O2S/c1-8-4-12-13(16)17-14(18-15(12)21-8)9-5-10(19-2)7-11(6-9)20-3/h4-7H,1-3H3. The Balaban J connectivity index is 2.19. The topological polar surface area (TPSA) is 44.2 Å². The minimum Gasteiger partial charge on any atom is -0.497 e. The molecule has 0 fully saturated rings. The van der Waals surface area contributed by atoms with Crippen molar-refractivity contribution >= 4 is 33.2 Å². The number of hydrogen-bond donors (Lipinski definition) is 0. The van der Waals surface area contributed by atoms with Gasteiger partial charge < -0.3 is 9.47 Å². The van der Waals surface area contributed by atoms with Crippen LogP contribution in [0.5, 0.6) is 11.5 Å². The van der Waals surface area contributed by atoms with E-state index in [4.69, 9.17) is 21.1 Å². The molecule has 3 rings (SSSR count). The number of benzene rings is 1. The van der Waals surface area contributed by atoms with E-state index < -0.39 is 0 Å². The van der Waals surface area contributed by atoms with Crippen LogP contribution >= 0.6 is 22.9 Å². The monoisotopic (exact) mass is 320 g/mol. The first-order chi connectivity index (χ1) is 10.1. The summed E-state index contributed by atoms with van der Waals surface area (Å²) in [5.41, 5.74) is 0.807. The molecule has 21 heavy (non-hydrogen) atoms. The van der Waals surface area contributed by atoms with Gasteiger partial charge in [0.25, 0.3) is 0 Å². The Morgan fingerprint density at radius 3 is 2.29 bits per heavy atom. The van der Waals surface area contributed by atoms with Crippen molar-refractivity contribution in [3.8, 4) is 22.9 Å². The van der Waals surface area contributed by atoms with Crippen molar-refractivity contribution in [2.45, 2.75) is 6.92 Å². The van der Waals surface area contributed by atoms with Crippen LogP contribution in [0.15, 0.2) is 24.3 Å². The molecule has 0 radical (unpaired) electrons. The van der Waals surface area contributed by atoms with Gasteiger partial charge in [0.05, 0.1) is 14.2 Å². The number of rotatable bonds is 3. The van der Waals surface area contributed by atoms with Crippen LogP contribution in [0.1, 0.15) is 4.88 Å².